The van der Waals surface area contributed by atoms with Crippen LogP contribution in [0.1, 0.15) is 63.4 Å². The highest BCUT2D eigenvalue weighted by molar-refractivity contribution is 5.64. The molecular formula is C36H41F5N2O2. The van der Waals surface area contributed by atoms with Crippen LogP contribution in [-0.4, -0.2) is 43.9 Å². The van der Waals surface area contributed by atoms with E-state index in [1.807, 2.05) is 24.3 Å². The lowest BCUT2D eigenvalue weighted by Gasteiger charge is -2.33. The molecule has 1 atom stereocenters. The number of fused-ring (bicyclic) bond motifs is 1. The van der Waals surface area contributed by atoms with Crippen molar-refractivity contribution in [2.45, 2.75) is 76.9 Å². The van der Waals surface area contributed by atoms with Crippen molar-refractivity contribution in [3.63, 3.8) is 0 Å². The SMILES string of the molecule is NC1=CCC=C2C(=C1)CCCC/C(Cc1cc(F)c(OC(F)F)c(F)c1)=C\2C1=CC=C(O[C@H]2CCCN(CCCF)C2)CC=C1. The first-order valence-electron chi connectivity index (χ1n) is 15.8. The van der Waals surface area contributed by atoms with E-state index in [2.05, 4.69) is 27.9 Å². The number of hydrogen-bond donors (Lipinski definition) is 1. The Morgan fingerprint density at radius 1 is 1.02 bits per heavy atom. The fraction of sp³-hybridized carbons (Fsp3) is 0.444. The summed E-state index contributed by atoms with van der Waals surface area (Å²) >= 11 is 0. The molecule has 0 saturated carbocycles. The molecule has 1 heterocycles. The molecule has 242 valence electrons. The van der Waals surface area contributed by atoms with Crippen molar-refractivity contribution >= 4 is 0 Å². The van der Waals surface area contributed by atoms with Crippen LogP contribution in [0.15, 0.2) is 94.0 Å². The van der Waals surface area contributed by atoms with Gasteiger partial charge in [-0.25, -0.2) is 8.78 Å². The minimum absolute atomic E-state index is 0.0408. The molecule has 5 rings (SSSR count). The number of allylic oxidation sites excluding steroid dienone is 12. The number of hydrogen-bond acceptors (Lipinski definition) is 4. The molecule has 4 aliphatic rings. The molecule has 0 amide bonds. The number of halogens is 5. The van der Waals surface area contributed by atoms with E-state index < -0.39 is 24.0 Å². The number of rotatable bonds is 10. The van der Waals surface area contributed by atoms with Crippen LogP contribution in [0.2, 0.25) is 0 Å². The van der Waals surface area contributed by atoms with Gasteiger partial charge < -0.3 is 15.2 Å². The van der Waals surface area contributed by atoms with Crippen molar-refractivity contribution < 1.29 is 31.4 Å². The van der Waals surface area contributed by atoms with Gasteiger partial charge in [-0.2, -0.15) is 8.78 Å². The summed E-state index contributed by atoms with van der Waals surface area (Å²) < 4.78 is 78.2. The van der Waals surface area contributed by atoms with E-state index >= 15 is 0 Å². The highest BCUT2D eigenvalue weighted by atomic mass is 19.3. The zero-order chi connectivity index (χ0) is 31.8. The minimum atomic E-state index is -3.33. The van der Waals surface area contributed by atoms with Gasteiger partial charge in [-0.05, 0) is 116 Å². The number of nitrogens with zero attached hydrogens (tertiary/aromatic N) is 1. The number of nitrogens with two attached hydrogens (primary N) is 1. The van der Waals surface area contributed by atoms with Crippen LogP contribution in [0.5, 0.6) is 5.75 Å². The Labute approximate surface area is 262 Å². The Hall–Kier alpha value is -3.59. The first-order valence-corrected chi connectivity index (χ1v) is 15.8. The summed E-state index contributed by atoms with van der Waals surface area (Å²) in [5.41, 5.74) is 12.4. The molecule has 0 spiro atoms. The molecule has 0 aromatic heterocycles. The number of ether oxygens (including phenoxy) is 2. The molecule has 0 bridgehead atoms. The molecule has 4 nitrogen and oxygen atoms in total. The molecule has 1 aliphatic heterocycles. The van der Waals surface area contributed by atoms with Crippen LogP contribution in [0, 0.1) is 11.6 Å². The van der Waals surface area contributed by atoms with Crippen molar-refractivity contribution in [1.82, 2.24) is 4.90 Å². The Kier molecular flexibility index (Phi) is 11.4. The molecular weight excluding hydrogens is 587 g/mol. The molecule has 0 radical (unpaired) electrons. The van der Waals surface area contributed by atoms with Crippen LogP contribution in [0.4, 0.5) is 22.0 Å². The van der Waals surface area contributed by atoms with E-state index in [1.54, 1.807) is 0 Å². The molecule has 0 unspecified atom stereocenters. The van der Waals surface area contributed by atoms with E-state index in [1.165, 1.54) is 0 Å². The monoisotopic (exact) mass is 628 g/mol. The van der Waals surface area contributed by atoms with Gasteiger partial charge in [0.2, 0.25) is 0 Å². The van der Waals surface area contributed by atoms with Crippen LogP contribution in [0.25, 0.3) is 0 Å². The van der Waals surface area contributed by atoms with E-state index in [0.717, 1.165) is 97.5 Å². The fourth-order valence-electron chi connectivity index (χ4n) is 6.59. The normalized spacial score (nSPS) is 23.0. The van der Waals surface area contributed by atoms with Crippen molar-refractivity contribution in [2.24, 2.45) is 5.73 Å². The van der Waals surface area contributed by atoms with E-state index in [0.29, 0.717) is 36.9 Å². The zero-order valence-electron chi connectivity index (χ0n) is 25.5. The third-order valence-corrected chi connectivity index (χ3v) is 8.58. The quantitative estimate of drug-likeness (QED) is 0.264. The molecule has 1 saturated heterocycles. The van der Waals surface area contributed by atoms with Crippen LogP contribution < -0.4 is 10.5 Å². The van der Waals surface area contributed by atoms with Crippen molar-refractivity contribution in [3.8, 4) is 5.75 Å². The van der Waals surface area contributed by atoms with E-state index in [-0.39, 0.29) is 19.2 Å². The lowest BCUT2D eigenvalue weighted by atomic mass is 9.80. The van der Waals surface area contributed by atoms with Crippen LogP contribution in [0.3, 0.4) is 0 Å². The molecule has 1 aromatic rings. The largest absolute Gasteiger partial charge is 0.493 e. The lowest BCUT2D eigenvalue weighted by Crippen LogP contribution is -2.40. The van der Waals surface area contributed by atoms with Gasteiger partial charge in [0.05, 0.1) is 6.67 Å². The van der Waals surface area contributed by atoms with Crippen molar-refractivity contribution in [2.75, 3.05) is 26.3 Å². The second kappa shape index (κ2) is 15.6. The Morgan fingerprint density at radius 3 is 2.60 bits per heavy atom. The maximum atomic E-state index is 14.7. The first kappa shape index (κ1) is 32.8. The van der Waals surface area contributed by atoms with Gasteiger partial charge in [0.1, 0.15) is 11.9 Å². The fourth-order valence-corrected chi connectivity index (χ4v) is 6.59. The summed E-state index contributed by atoms with van der Waals surface area (Å²) in [6.45, 7) is -1.18. The second-order valence-electron chi connectivity index (χ2n) is 11.9. The maximum Gasteiger partial charge on any atom is 0.387 e. The van der Waals surface area contributed by atoms with Gasteiger partial charge in [0.15, 0.2) is 17.4 Å². The predicted molar refractivity (Wildman–Crippen MR) is 166 cm³/mol. The number of piperidine rings is 1. The zero-order valence-corrected chi connectivity index (χ0v) is 25.5. The summed E-state index contributed by atoms with van der Waals surface area (Å²) in [6, 6.07) is 2.15. The topological polar surface area (TPSA) is 47.7 Å². The highest BCUT2D eigenvalue weighted by Gasteiger charge is 2.25. The first-order chi connectivity index (χ1) is 21.8. The van der Waals surface area contributed by atoms with Gasteiger partial charge >= 0.3 is 6.61 Å². The van der Waals surface area contributed by atoms with Crippen LogP contribution >= 0.6 is 0 Å². The van der Waals surface area contributed by atoms with Crippen molar-refractivity contribution in [1.29, 1.82) is 0 Å². The molecule has 3 aliphatic carbocycles. The van der Waals surface area contributed by atoms with Crippen LogP contribution in [-0.2, 0) is 11.2 Å². The summed E-state index contributed by atoms with van der Waals surface area (Å²) in [6.07, 6.45) is 21.7. The molecule has 1 fully saturated rings. The molecule has 45 heavy (non-hydrogen) atoms. The molecule has 1 aromatic carbocycles. The Bertz CT molecular complexity index is 1430. The second-order valence-corrected chi connectivity index (χ2v) is 11.9. The number of alkyl halides is 3. The maximum absolute atomic E-state index is 14.7. The van der Waals surface area contributed by atoms with E-state index in [4.69, 9.17) is 10.5 Å². The van der Waals surface area contributed by atoms with E-state index in [9.17, 15) is 22.0 Å². The third kappa shape index (κ3) is 8.78. The summed E-state index contributed by atoms with van der Waals surface area (Å²) in [5, 5.41) is 0. The third-order valence-electron chi connectivity index (χ3n) is 8.58. The van der Waals surface area contributed by atoms with Gasteiger partial charge in [-0.3, -0.25) is 9.29 Å². The standard InChI is InChI=1S/C36H41F5N2O2/c37-16-6-18-43-17-5-12-30(23-43)44-29-11-3-9-25(14-15-29)34-27(8-2-1-7-26-22-28(42)10-4-13-31(26)34)19-24-20-32(38)35(33(39)21-24)45-36(40)41/h3,9-10,13-15,20-22,30,36H,1-2,4-8,11-12,16-19,23,42H2/b34-27+/t30-/m0/s1. The highest BCUT2D eigenvalue weighted by Crippen LogP contribution is 2.40. The average molecular weight is 629 g/mol. The summed E-state index contributed by atoms with van der Waals surface area (Å²) in [5.74, 6) is -2.54. The van der Waals surface area contributed by atoms with Gasteiger partial charge in [0, 0.05) is 25.2 Å². The number of benzene rings is 1. The molecule has 2 N–H and O–H groups in total. The predicted octanol–water partition coefficient (Wildman–Crippen LogP) is 8.69. The number of likely N-dealkylation sites (tertiary alicyclic amines) is 1. The lowest BCUT2D eigenvalue weighted by molar-refractivity contribution is -0.0546. The van der Waals surface area contributed by atoms with Gasteiger partial charge in [-0.15, -0.1) is 0 Å². The summed E-state index contributed by atoms with van der Waals surface area (Å²) in [7, 11) is 0. The Morgan fingerprint density at radius 2 is 1.82 bits per heavy atom. The van der Waals surface area contributed by atoms with Gasteiger partial charge in [0.25, 0.3) is 0 Å². The smallest absolute Gasteiger partial charge is 0.387 e. The molecule has 9 heteroatoms. The van der Waals surface area contributed by atoms with Gasteiger partial charge in [-0.1, -0.05) is 36.0 Å². The Balaban J connectivity index is 1.50. The summed E-state index contributed by atoms with van der Waals surface area (Å²) in [4.78, 5) is 2.26. The van der Waals surface area contributed by atoms with Crippen molar-refractivity contribution in [3.05, 3.63) is 111 Å². The minimum Gasteiger partial charge on any atom is -0.493 e. The average Bonchev–Trinajstić information content (AvgIpc) is 3.33.